The largest absolute Gasteiger partial charge is 0.462 e. The molecule has 0 heterocycles. The normalized spacial score (nSPS) is 11.4. The molecule has 0 aliphatic heterocycles. The van der Waals surface area contributed by atoms with Crippen LogP contribution >= 0.6 is 6.72 Å². The van der Waals surface area contributed by atoms with E-state index in [1.807, 2.05) is 0 Å². The van der Waals surface area contributed by atoms with Crippen molar-refractivity contribution in [2.75, 3.05) is 13.2 Å². The molecule has 0 rings (SSSR count). The summed E-state index contributed by atoms with van der Waals surface area (Å²) in [4.78, 5) is 28.8. The Labute approximate surface area is 139 Å². The molecule has 5 nitrogen and oxygen atoms in total. The van der Waals surface area contributed by atoms with Crippen LogP contribution in [-0.4, -0.2) is 29.0 Å². The summed E-state index contributed by atoms with van der Waals surface area (Å²) in [7, 11) is 0. The van der Waals surface area contributed by atoms with Gasteiger partial charge in [0.1, 0.15) is 0 Å². The molecule has 0 aliphatic carbocycles. The zero-order valence-electron chi connectivity index (χ0n) is 13.5. The van der Waals surface area contributed by atoms with Gasteiger partial charge in [-0.25, -0.2) is 4.79 Å². The molecule has 0 saturated carbocycles. The SMILES string of the molecule is C=C(C)C(=O)OCCCCCCCCCCCOP(O)(O)=S. The van der Waals surface area contributed by atoms with Crippen LogP contribution in [0.3, 0.4) is 0 Å². The first-order valence-electron chi connectivity index (χ1n) is 7.85. The lowest BCUT2D eigenvalue weighted by atomic mass is 10.1. The summed E-state index contributed by atoms with van der Waals surface area (Å²) in [5.74, 6) is -0.304. The third kappa shape index (κ3) is 16.1. The summed E-state index contributed by atoms with van der Waals surface area (Å²) in [6.45, 7) is 2.53. The van der Waals surface area contributed by atoms with Gasteiger partial charge in [0.05, 0.1) is 13.2 Å². The molecule has 0 aromatic carbocycles. The second kappa shape index (κ2) is 13.2. The van der Waals surface area contributed by atoms with Gasteiger partial charge in [-0.3, -0.25) is 0 Å². The molecule has 0 atom stereocenters. The molecule has 130 valence electrons. The standard InChI is InChI=1S/C15H29O5PS/c1-14(2)15(16)19-12-10-8-6-4-3-5-7-9-11-13-20-21(17,18)22/h1,3-13H2,2H3,(H2,17,18,22). The predicted molar refractivity (Wildman–Crippen MR) is 92.0 cm³/mol. The van der Waals surface area contributed by atoms with Gasteiger partial charge in [0.15, 0.2) is 0 Å². The maximum absolute atomic E-state index is 11.1. The van der Waals surface area contributed by atoms with Gasteiger partial charge in [0, 0.05) is 5.57 Å². The van der Waals surface area contributed by atoms with Crippen LogP contribution < -0.4 is 0 Å². The van der Waals surface area contributed by atoms with Crippen LogP contribution in [-0.2, 0) is 25.9 Å². The Morgan fingerprint density at radius 3 is 1.77 bits per heavy atom. The number of carbonyl (C=O) groups excluding carboxylic acids is 1. The molecule has 0 fully saturated rings. The number of unbranched alkanes of at least 4 members (excludes halogenated alkanes) is 8. The maximum Gasteiger partial charge on any atom is 0.333 e. The van der Waals surface area contributed by atoms with Gasteiger partial charge < -0.3 is 19.0 Å². The molecule has 0 radical (unpaired) electrons. The molecular formula is C15H29O5PS. The third-order valence-electron chi connectivity index (χ3n) is 3.13. The van der Waals surface area contributed by atoms with E-state index in [-0.39, 0.29) is 5.97 Å². The predicted octanol–water partition coefficient (Wildman–Crippen LogP) is 3.84. The minimum Gasteiger partial charge on any atom is -0.462 e. The van der Waals surface area contributed by atoms with Gasteiger partial charge in [-0.2, -0.15) is 0 Å². The van der Waals surface area contributed by atoms with Crippen LogP contribution in [0.25, 0.3) is 0 Å². The summed E-state index contributed by atoms with van der Waals surface area (Å²) in [5.41, 5.74) is 0.448. The van der Waals surface area contributed by atoms with Crippen LogP contribution in [0.4, 0.5) is 0 Å². The average molecular weight is 352 g/mol. The van der Waals surface area contributed by atoms with E-state index in [0.29, 0.717) is 18.8 Å². The maximum atomic E-state index is 11.1. The monoisotopic (exact) mass is 352 g/mol. The van der Waals surface area contributed by atoms with Crippen molar-refractivity contribution in [2.45, 2.75) is 64.7 Å². The van der Waals surface area contributed by atoms with E-state index in [0.717, 1.165) is 38.5 Å². The van der Waals surface area contributed by atoms with Gasteiger partial charge in [-0.15, -0.1) is 0 Å². The van der Waals surface area contributed by atoms with E-state index in [1.54, 1.807) is 6.92 Å². The molecule has 2 N–H and O–H groups in total. The van der Waals surface area contributed by atoms with Crippen molar-refractivity contribution in [3.8, 4) is 0 Å². The molecular weight excluding hydrogens is 323 g/mol. The van der Waals surface area contributed by atoms with E-state index in [9.17, 15) is 4.79 Å². The molecule has 22 heavy (non-hydrogen) atoms. The first-order chi connectivity index (χ1) is 10.3. The lowest BCUT2D eigenvalue weighted by molar-refractivity contribution is -0.139. The summed E-state index contributed by atoms with van der Waals surface area (Å²) < 4.78 is 9.76. The minimum atomic E-state index is -3.46. The molecule has 0 unspecified atom stereocenters. The second-order valence-electron chi connectivity index (χ2n) is 5.42. The Morgan fingerprint density at radius 1 is 0.955 bits per heavy atom. The number of hydrogen-bond acceptors (Lipinski definition) is 4. The first-order valence-corrected chi connectivity index (χ1v) is 10.5. The highest BCUT2D eigenvalue weighted by molar-refractivity contribution is 8.06. The highest BCUT2D eigenvalue weighted by Crippen LogP contribution is 2.36. The van der Waals surface area contributed by atoms with Crippen molar-refractivity contribution >= 4 is 24.5 Å². The van der Waals surface area contributed by atoms with Gasteiger partial charge in [0.25, 0.3) is 0 Å². The Hall–Kier alpha value is -0.260. The van der Waals surface area contributed by atoms with Crippen molar-refractivity contribution in [2.24, 2.45) is 0 Å². The van der Waals surface area contributed by atoms with Crippen molar-refractivity contribution in [1.82, 2.24) is 0 Å². The number of ether oxygens (including phenoxy) is 1. The molecule has 0 aromatic heterocycles. The van der Waals surface area contributed by atoms with Gasteiger partial charge in [0.2, 0.25) is 0 Å². The summed E-state index contributed by atoms with van der Waals surface area (Å²) >= 11 is 4.36. The van der Waals surface area contributed by atoms with E-state index < -0.39 is 6.72 Å². The fraction of sp³-hybridized carbons (Fsp3) is 0.800. The topological polar surface area (TPSA) is 76.0 Å². The fourth-order valence-corrected chi connectivity index (χ4v) is 2.50. The summed E-state index contributed by atoms with van der Waals surface area (Å²) in [5, 5.41) is 0. The zero-order valence-corrected chi connectivity index (χ0v) is 15.2. The van der Waals surface area contributed by atoms with E-state index >= 15 is 0 Å². The Balaban J connectivity index is 3.16. The number of hydrogen-bond donors (Lipinski definition) is 2. The third-order valence-corrected chi connectivity index (χ3v) is 3.96. The minimum absolute atomic E-state index is 0.304. The van der Waals surface area contributed by atoms with Crippen molar-refractivity contribution in [3.63, 3.8) is 0 Å². The van der Waals surface area contributed by atoms with Crippen LogP contribution in [0.2, 0.25) is 0 Å². The fourth-order valence-electron chi connectivity index (χ4n) is 1.91. The van der Waals surface area contributed by atoms with Crippen molar-refractivity contribution < 1.29 is 23.8 Å². The quantitative estimate of drug-likeness (QED) is 0.214. The lowest BCUT2D eigenvalue weighted by Gasteiger charge is -2.07. The highest BCUT2D eigenvalue weighted by Gasteiger charge is 2.06. The van der Waals surface area contributed by atoms with Crippen LogP contribution in [0.15, 0.2) is 12.2 Å². The van der Waals surface area contributed by atoms with E-state index in [2.05, 4.69) is 18.4 Å². The summed E-state index contributed by atoms with van der Waals surface area (Å²) in [6, 6.07) is 0. The second-order valence-corrected chi connectivity index (χ2v) is 8.09. The smallest absolute Gasteiger partial charge is 0.333 e. The van der Waals surface area contributed by atoms with Crippen molar-refractivity contribution in [3.05, 3.63) is 12.2 Å². The Kier molecular flexibility index (Phi) is 13.0. The van der Waals surface area contributed by atoms with E-state index in [1.165, 1.54) is 19.3 Å². The molecule has 0 aliphatic rings. The van der Waals surface area contributed by atoms with Crippen LogP contribution in [0.1, 0.15) is 64.7 Å². The molecule has 0 amide bonds. The highest BCUT2D eigenvalue weighted by atomic mass is 32.5. The lowest BCUT2D eigenvalue weighted by Crippen LogP contribution is -2.05. The number of carbonyl (C=O) groups is 1. The van der Waals surface area contributed by atoms with Gasteiger partial charge >= 0.3 is 12.7 Å². The van der Waals surface area contributed by atoms with Gasteiger partial charge in [-0.1, -0.05) is 51.5 Å². The van der Waals surface area contributed by atoms with Crippen LogP contribution in [0, 0.1) is 0 Å². The summed E-state index contributed by atoms with van der Waals surface area (Å²) in [6.07, 6.45) is 9.67. The number of esters is 1. The Morgan fingerprint density at radius 2 is 1.36 bits per heavy atom. The van der Waals surface area contributed by atoms with E-state index in [4.69, 9.17) is 19.0 Å². The molecule has 0 spiro atoms. The molecule has 0 bridgehead atoms. The van der Waals surface area contributed by atoms with Crippen molar-refractivity contribution in [1.29, 1.82) is 0 Å². The zero-order chi connectivity index (χ0) is 16.8. The average Bonchev–Trinajstić information content (AvgIpc) is 2.42. The molecule has 0 aromatic rings. The Bertz CT molecular complexity index is 367. The van der Waals surface area contributed by atoms with Crippen LogP contribution in [0.5, 0.6) is 0 Å². The van der Waals surface area contributed by atoms with Gasteiger partial charge in [-0.05, 0) is 31.6 Å². The number of rotatable bonds is 14. The molecule has 0 saturated heterocycles. The molecule has 7 heteroatoms. The first kappa shape index (κ1) is 21.7.